The molecule has 296 valence electrons. The molecule has 61 heavy (non-hydrogen) atoms. The van der Waals surface area contributed by atoms with Crippen LogP contribution in [0.5, 0.6) is 0 Å². The van der Waals surface area contributed by atoms with Crippen molar-refractivity contribution in [3.8, 4) is 33.4 Å². The molecule has 0 bridgehead atoms. The summed E-state index contributed by atoms with van der Waals surface area (Å²) in [6.45, 7) is 7.26. The fourth-order valence-electron chi connectivity index (χ4n) is 10.9. The molecule has 0 amide bonds. The maximum atomic E-state index is 5.77. The average Bonchev–Trinajstić information content (AvgIpc) is 3.89. The number of allylic oxidation sites excluding steroid dienone is 3. The van der Waals surface area contributed by atoms with Crippen LogP contribution < -0.4 is 0 Å². The molecule has 3 heteroatoms. The van der Waals surface area contributed by atoms with E-state index >= 15 is 0 Å². The van der Waals surface area contributed by atoms with Gasteiger partial charge in [0.15, 0.2) is 0 Å². The maximum Gasteiger partial charge on any atom is 0.0668 e. The Bertz CT molecular complexity index is 3330. The van der Waals surface area contributed by atoms with Crippen molar-refractivity contribution in [1.82, 2.24) is 0 Å². The molecule has 7 aromatic carbocycles. The van der Waals surface area contributed by atoms with Crippen LogP contribution in [0.1, 0.15) is 74.6 Å². The first-order chi connectivity index (χ1) is 29.9. The monoisotopic (exact) mass is 821 g/mol. The van der Waals surface area contributed by atoms with Gasteiger partial charge in [-0.3, -0.25) is 4.99 Å². The zero-order valence-corrected chi connectivity index (χ0v) is 36.5. The zero-order valence-electron chi connectivity index (χ0n) is 34.9. The Morgan fingerprint density at radius 2 is 1.15 bits per heavy atom. The minimum atomic E-state index is -0.0819. The predicted molar refractivity (Wildman–Crippen MR) is 266 cm³/mol. The summed E-state index contributed by atoms with van der Waals surface area (Å²) < 4.78 is 5.36. The summed E-state index contributed by atoms with van der Waals surface area (Å²) >= 11 is 3.78. The summed E-state index contributed by atoms with van der Waals surface area (Å²) in [6, 6.07) is 55.5. The summed E-state index contributed by atoms with van der Waals surface area (Å²) in [5.74, 6) is 0.960. The molecule has 0 fully saturated rings. The largest absolute Gasteiger partial charge is 0.257 e. The summed E-state index contributed by atoms with van der Waals surface area (Å²) in [5.41, 5.74) is 15.6. The number of aliphatic imine (C=N–C) groups is 1. The van der Waals surface area contributed by atoms with Gasteiger partial charge in [0, 0.05) is 68.9 Å². The van der Waals surface area contributed by atoms with Crippen LogP contribution in [0, 0.1) is 11.8 Å². The SMILES string of the molecule is CC1CC(C2CC=CCC2)=NC(c2ccc3c(c2)C(C)(C)c2ccccc2-3)=CC1c1cc(-c2ccc3sc4ccccc4c3c2)ccc1-c1ccc2sc3ccccc3c2c1. The topological polar surface area (TPSA) is 12.4 Å². The second kappa shape index (κ2) is 14.4. The number of fused-ring (bicyclic) bond motifs is 9. The van der Waals surface area contributed by atoms with Crippen LogP contribution in [0.15, 0.2) is 169 Å². The second-order valence-corrected chi connectivity index (χ2v) is 20.4. The lowest BCUT2D eigenvalue weighted by Crippen LogP contribution is -2.20. The lowest BCUT2D eigenvalue weighted by molar-refractivity contribution is 0.523. The molecule has 9 aromatic rings. The van der Waals surface area contributed by atoms with E-state index in [1.165, 1.54) is 108 Å². The number of rotatable bonds is 5. The number of hydrogen-bond donors (Lipinski definition) is 0. The van der Waals surface area contributed by atoms with E-state index < -0.39 is 0 Å². The van der Waals surface area contributed by atoms with Crippen LogP contribution in [0.3, 0.4) is 0 Å². The van der Waals surface area contributed by atoms with Gasteiger partial charge < -0.3 is 0 Å². The van der Waals surface area contributed by atoms with E-state index in [9.17, 15) is 0 Å². The molecule has 1 nitrogen and oxygen atoms in total. The van der Waals surface area contributed by atoms with Crippen LogP contribution in [-0.2, 0) is 5.41 Å². The maximum absolute atomic E-state index is 5.77. The first-order valence-electron chi connectivity index (χ1n) is 22.0. The van der Waals surface area contributed by atoms with Crippen molar-refractivity contribution in [2.45, 2.75) is 57.8 Å². The number of nitrogens with zero attached hydrogens (tertiary/aromatic N) is 1. The smallest absolute Gasteiger partial charge is 0.0668 e. The summed E-state index contributed by atoms with van der Waals surface area (Å²) in [6.07, 6.45) is 11.7. The Balaban J connectivity index is 1.06. The van der Waals surface area contributed by atoms with Crippen molar-refractivity contribution in [1.29, 1.82) is 0 Å². The highest BCUT2D eigenvalue weighted by Crippen LogP contribution is 2.50. The van der Waals surface area contributed by atoms with Gasteiger partial charge in [0.25, 0.3) is 0 Å². The Morgan fingerprint density at radius 1 is 0.541 bits per heavy atom. The molecule has 3 aliphatic rings. The first kappa shape index (κ1) is 36.9. The molecule has 0 radical (unpaired) electrons. The van der Waals surface area contributed by atoms with Gasteiger partial charge in [-0.05, 0) is 130 Å². The van der Waals surface area contributed by atoms with Gasteiger partial charge in [-0.2, -0.15) is 0 Å². The Kier molecular flexibility index (Phi) is 8.70. The molecule has 0 saturated carbocycles. The van der Waals surface area contributed by atoms with E-state index in [4.69, 9.17) is 4.99 Å². The Hall–Kier alpha value is -5.87. The molecule has 12 rings (SSSR count). The fourth-order valence-corrected chi connectivity index (χ4v) is 13.1. The van der Waals surface area contributed by atoms with Crippen molar-refractivity contribution < 1.29 is 0 Å². The number of hydrogen-bond acceptors (Lipinski definition) is 3. The second-order valence-electron chi connectivity index (χ2n) is 18.2. The van der Waals surface area contributed by atoms with Crippen molar-refractivity contribution in [2.24, 2.45) is 16.8 Å². The van der Waals surface area contributed by atoms with Crippen molar-refractivity contribution in [2.75, 3.05) is 0 Å². The minimum absolute atomic E-state index is 0.0819. The molecule has 3 atom stereocenters. The van der Waals surface area contributed by atoms with Gasteiger partial charge in [-0.25, -0.2) is 0 Å². The van der Waals surface area contributed by atoms with Crippen LogP contribution in [0.25, 0.3) is 79.4 Å². The lowest BCUT2D eigenvalue weighted by Gasteiger charge is -2.26. The van der Waals surface area contributed by atoms with E-state index in [1.54, 1.807) is 0 Å². The molecular weight excluding hydrogens is 775 g/mol. The molecule has 2 aromatic heterocycles. The summed E-state index contributed by atoms with van der Waals surface area (Å²) in [7, 11) is 0. The third-order valence-corrected chi connectivity index (χ3v) is 16.5. The first-order valence-corrected chi connectivity index (χ1v) is 23.7. The van der Waals surface area contributed by atoms with Crippen molar-refractivity contribution >= 4 is 74.4 Å². The van der Waals surface area contributed by atoms with Crippen LogP contribution in [0.2, 0.25) is 0 Å². The van der Waals surface area contributed by atoms with E-state index in [0.29, 0.717) is 11.8 Å². The third-order valence-electron chi connectivity index (χ3n) is 14.2. The van der Waals surface area contributed by atoms with Crippen molar-refractivity contribution in [3.05, 3.63) is 186 Å². The Morgan fingerprint density at radius 3 is 1.90 bits per heavy atom. The number of thiophene rings is 2. The van der Waals surface area contributed by atoms with Crippen LogP contribution in [0.4, 0.5) is 0 Å². The molecule has 3 unspecified atom stereocenters. The van der Waals surface area contributed by atoms with Gasteiger partial charge in [-0.15, -0.1) is 22.7 Å². The Labute approximate surface area is 366 Å². The molecule has 3 heterocycles. The van der Waals surface area contributed by atoms with E-state index in [2.05, 4.69) is 185 Å². The average molecular weight is 822 g/mol. The van der Waals surface area contributed by atoms with Gasteiger partial charge in [0.1, 0.15) is 0 Å². The van der Waals surface area contributed by atoms with Crippen molar-refractivity contribution in [3.63, 3.8) is 0 Å². The van der Waals surface area contributed by atoms with E-state index in [0.717, 1.165) is 25.0 Å². The van der Waals surface area contributed by atoms with Gasteiger partial charge in [0.05, 0.1) is 5.70 Å². The highest BCUT2D eigenvalue weighted by molar-refractivity contribution is 7.26. The quantitative estimate of drug-likeness (QED) is 0.153. The third kappa shape index (κ3) is 6.11. The van der Waals surface area contributed by atoms with Gasteiger partial charge in [-0.1, -0.05) is 136 Å². The van der Waals surface area contributed by atoms with E-state index in [1.807, 2.05) is 22.7 Å². The molecular formula is C58H47NS2. The molecule has 2 aliphatic carbocycles. The highest BCUT2D eigenvalue weighted by atomic mass is 32.1. The van der Waals surface area contributed by atoms with Crippen LogP contribution in [-0.4, -0.2) is 5.71 Å². The fraction of sp³-hybridized carbons (Fsp3) is 0.190. The van der Waals surface area contributed by atoms with Gasteiger partial charge >= 0.3 is 0 Å². The normalized spacial score (nSPS) is 19.6. The zero-order chi connectivity index (χ0) is 40.8. The molecule has 0 N–H and O–H groups in total. The number of benzene rings is 7. The summed E-state index contributed by atoms with van der Waals surface area (Å²) in [5, 5.41) is 5.35. The minimum Gasteiger partial charge on any atom is -0.257 e. The highest BCUT2D eigenvalue weighted by Gasteiger charge is 2.36. The van der Waals surface area contributed by atoms with Crippen LogP contribution >= 0.6 is 22.7 Å². The summed E-state index contributed by atoms with van der Waals surface area (Å²) in [4.78, 5) is 5.77. The lowest BCUT2D eigenvalue weighted by atomic mass is 9.77. The predicted octanol–water partition coefficient (Wildman–Crippen LogP) is 17.0. The molecule has 0 spiro atoms. The molecule has 1 aliphatic heterocycles. The molecule has 0 saturated heterocycles. The van der Waals surface area contributed by atoms with Gasteiger partial charge in [0.2, 0.25) is 0 Å². The van der Waals surface area contributed by atoms with E-state index in [-0.39, 0.29) is 11.3 Å². The standard InChI is InChI=1S/C58H47NS2/c1-35-29-52(36-13-5-4-6-14-36)59-53(40-22-26-43-42-15-7-10-18-50(42)58(2,3)51(43)33-40)34-46(35)47-30-37(38-23-27-56-48(31-38)44-16-8-11-19-54(44)60-56)21-25-41(47)39-24-28-57-49(32-39)45-17-9-12-20-55(45)61-57/h4-5,7-12,15-28,30-36,46H,6,13-14,29H2,1-3H3.